The summed E-state index contributed by atoms with van der Waals surface area (Å²) in [5.74, 6) is -1.13. The smallest absolute Gasteiger partial charge is 0.346 e. The van der Waals surface area contributed by atoms with Gasteiger partial charge in [0, 0.05) is 7.11 Å². The summed E-state index contributed by atoms with van der Waals surface area (Å²) in [4.78, 5) is 23.0. The lowest BCUT2D eigenvalue weighted by Gasteiger charge is -2.25. The molecule has 0 aromatic carbocycles. The highest BCUT2D eigenvalue weighted by atomic mass is 16.6. The van der Waals surface area contributed by atoms with Crippen LogP contribution in [0.25, 0.3) is 0 Å². The average Bonchev–Trinajstić information content (AvgIpc) is 2.20. The van der Waals surface area contributed by atoms with Crippen molar-refractivity contribution in [2.24, 2.45) is 0 Å². The molecule has 0 saturated heterocycles. The zero-order valence-electron chi connectivity index (χ0n) is 8.83. The van der Waals surface area contributed by atoms with E-state index in [9.17, 15) is 9.59 Å². The van der Waals surface area contributed by atoms with Crippen LogP contribution >= 0.6 is 0 Å². The van der Waals surface area contributed by atoms with Crippen molar-refractivity contribution in [2.75, 3.05) is 13.7 Å². The Kier molecular flexibility index (Phi) is 5.09. The Morgan fingerprint density at radius 2 is 2.00 bits per heavy atom. The van der Waals surface area contributed by atoms with Gasteiger partial charge in [-0.2, -0.15) is 0 Å². The van der Waals surface area contributed by atoms with Crippen molar-refractivity contribution in [3.63, 3.8) is 0 Å². The van der Waals surface area contributed by atoms with Gasteiger partial charge in [0.15, 0.2) is 5.78 Å². The highest BCUT2D eigenvalue weighted by molar-refractivity contribution is 6.12. The van der Waals surface area contributed by atoms with Crippen LogP contribution in [0.3, 0.4) is 0 Å². The van der Waals surface area contributed by atoms with Crippen molar-refractivity contribution in [1.29, 1.82) is 0 Å². The van der Waals surface area contributed by atoms with Crippen molar-refractivity contribution in [2.45, 2.75) is 25.9 Å². The van der Waals surface area contributed by atoms with Crippen LogP contribution in [0.1, 0.15) is 20.3 Å². The molecular formula is C10H16O4. The van der Waals surface area contributed by atoms with Gasteiger partial charge in [-0.25, -0.2) is 4.79 Å². The van der Waals surface area contributed by atoms with Crippen molar-refractivity contribution in [3.05, 3.63) is 12.7 Å². The molecule has 0 amide bonds. The third kappa shape index (κ3) is 2.20. The first-order valence-corrected chi connectivity index (χ1v) is 4.48. The van der Waals surface area contributed by atoms with Crippen LogP contribution < -0.4 is 0 Å². The van der Waals surface area contributed by atoms with E-state index < -0.39 is 17.4 Å². The van der Waals surface area contributed by atoms with Crippen LogP contribution in [0, 0.1) is 0 Å². The minimum absolute atomic E-state index is 0.217. The first-order valence-electron chi connectivity index (χ1n) is 4.48. The molecule has 0 aromatic rings. The molecule has 0 rings (SSSR count). The van der Waals surface area contributed by atoms with E-state index in [1.165, 1.54) is 7.11 Å². The Morgan fingerprint density at radius 3 is 2.29 bits per heavy atom. The Labute approximate surface area is 83.9 Å². The second-order valence-electron chi connectivity index (χ2n) is 2.67. The van der Waals surface area contributed by atoms with E-state index in [2.05, 4.69) is 6.58 Å². The molecule has 0 saturated carbocycles. The number of hydrogen-bond donors (Lipinski definition) is 0. The van der Waals surface area contributed by atoms with Gasteiger partial charge in [0.25, 0.3) is 0 Å². The Balaban J connectivity index is 4.95. The molecule has 0 spiro atoms. The fourth-order valence-corrected chi connectivity index (χ4v) is 1.16. The summed E-state index contributed by atoms with van der Waals surface area (Å²) in [6, 6.07) is 0. The predicted molar refractivity (Wildman–Crippen MR) is 51.9 cm³/mol. The van der Waals surface area contributed by atoms with E-state index in [-0.39, 0.29) is 13.0 Å². The molecule has 80 valence electrons. The van der Waals surface area contributed by atoms with Crippen LogP contribution in [0.5, 0.6) is 0 Å². The number of methoxy groups -OCH3 is 1. The fraction of sp³-hybridized carbons (Fsp3) is 0.600. The van der Waals surface area contributed by atoms with Gasteiger partial charge in [0.2, 0.25) is 5.60 Å². The number of hydrogen-bond acceptors (Lipinski definition) is 4. The summed E-state index contributed by atoms with van der Waals surface area (Å²) in [5, 5.41) is 0. The standard InChI is InChI=1S/C10H16O4/c1-5-8(11)10(6-2,13-4)9(12)14-7-3/h5H,1,6-7H2,2-4H3. The van der Waals surface area contributed by atoms with E-state index in [4.69, 9.17) is 9.47 Å². The van der Waals surface area contributed by atoms with E-state index in [1.54, 1.807) is 13.8 Å². The first-order chi connectivity index (χ1) is 6.58. The van der Waals surface area contributed by atoms with E-state index >= 15 is 0 Å². The number of carbonyl (C=O) groups excluding carboxylic acids is 2. The Bertz CT molecular complexity index is 228. The molecule has 0 aliphatic rings. The Hall–Kier alpha value is -1.16. The second-order valence-corrected chi connectivity index (χ2v) is 2.67. The minimum Gasteiger partial charge on any atom is -0.463 e. The second kappa shape index (κ2) is 5.54. The van der Waals surface area contributed by atoms with E-state index in [0.29, 0.717) is 0 Å². The van der Waals surface area contributed by atoms with Crippen LogP contribution in [-0.4, -0.2) is 31.1 Å². The third-order valence-corrected chi connectivity index (χ3v) is 2.03. The summed E-state index contributed by atoms with van der Waals surface area (Å²) in [6.07, 6.45) is 1.30. The monoisotopic (exact) mass is 200 g/mol. The fourth-order valence-electron chi connectivity index (χ4n) is 1.16. The normalized spacial score (nSPS) is 14.2. The summed E-state index contributed by atoms with van der Waals surface area (Å²) in [7, 11) is 1.31. The molecule has 0 aromatic heterocycles. The first kappa shape index (κ1) is 12.8. The van der Waals surface area contributed by atoms with Crippen molar-refractivity contribution in [1.82, 2.24) is 0 Å². The summed E-state index contributed by atoms with van der Waals surface area (Å²) < 4.78 is 9.74. The molecule has 0 bridgehead atoms. The average molecular weight is 200 g/mol. The molecule has 0 heterocycles. The summed E-state index contributed by atoms with van der Waals surface area (Å²) in [5.41, 5.74) is -1.52. The highest BCUT2D eigenvalue weighted by Gasteiger charge is 2.44. The Morgan fingerprint density at radius 1 is 1.43 bits per heavy atom. The van der Waals surface area contributed by atoms with E-state index in [1.807, 2.05) is 0 Å². The van der Waals surface area contributed by atoms with Gasteiger partial charge >= 0.3 is 5.97 Å². The lowest BCUT2D eigenvalue weighted by molar-refractivity contribution is -0.172. The third-order valence-electron chi connectivity index (χ3n) is 2.03. The zero-order chi connectivity index (χ0) is 11.2. The van der Waals surface area contributed by atoms with Crippen LogP contribution in [0.4, 0.5) is 0 Å². The van der Waals surface area contributed by atoms with Crippen LogP contribution in [-0.2, 0) is 19.1 Å². The maximum Gasteiger partial charge on any atom is 0.346 e. The summed E-state index contributed by atoms with van der Waals surface area (Å²) >= 11 is 0. The number of rotatable bonds is 6. The van der Waals surface area contributed by atoms with Gasteiger partial charge in [-0.1, -0.05) is 13.5 Å². The van der Waals surface area contributed by atoms with Crippen molar-refractivity contribution in [3.8, 4) is 0 Å². The van der Waals surface area contributed by atoms with Gasteiger partial charge in [-0.05, 0) is 19.4 Å². The molecule has 0 aliphatic carbocycles. The molecule has 0 fully saturated rings. The van der Waals surface area contributed by atoms with Gasteiger partial charge in [-0.15, -0.1) is 0 Å². The molecule has 4 nitrogen and oxygen atoms in total. The molecule has 1 unspecified atom stereocenters. The van der Waals surface area contributed by atoms with Gasteiger partial charge < -0.3 is 9.47 Å². The molecular weight excluding hydrogens is 184 g/mol. The molecule has 0 N–H and O–H groups in total. The van der Waals surface area contributed by atoms with Gasteiger partial charge in [-0.3, -0.25) is 4.79 Å². The summed E-state index contributed by atoms with van der Waals surface area (Å²) in [6.45, 7) is 6.90. The molecule has 4 heteroatoms. The molecule has 14 heavy (non-hydrogen) atoms. The number of esters is 1. The van der Waals surface area contributed by atoms with Crippen molar-refractivity contribution >= 4 is 11.8 Å². The largest absolute Gasteiger partial charge is 0.463 e. The zero-order valence-corrected chi connectivity index (χ0v) is 8.83. The predicted octanol–water partition coefficient (Wildman–Crippen LogP) is 1.10. The van der Waals surface area contributed by atoms with E-state index in [0.717, 1.165) is 6.08 Å². The maximum absolute atomic E-state index is 11.5. The highest BCUT2D eigenvalue weighted by Crippen LogP contribution is 2.19. The molecule has 0 aliphatic heterocycles. The minimum atomic E-state index is -1.52. The van der Waals surface area contributed by atoms with Crippen LogP contribution in [0.15, 0.2) is 12.7 Å². The quantitative estimate of drug-likeness (QED) is 0.366. The topological polar surface area (TPSA) is 52.6 Å². The number of carbonyl (C=O) groups is 2. The van der Waals surface area contributed by atoms with Crippen LogP contribution in [0.2, 0.25) is 0 Å². The maximum atomic E-state index is 11.5. The molecule has 0 radical (unpaired) electrons. The lowest BCUT2D eigenvalue weighted by atomic mass is 9.95. The van der Waals surface area contributed by atoms with Gasteiger partial charge in [0.1, 0.15) is 0 Å². The lowest BCUT2D eigenvalue weighted by Crippen LogP contribution is -2.48. The SMILES string of the molecule is C=CC(=O)C(CC)(OC)C(=O)OCC. The number of ketones is 1. The van der Waals surface area contributed by atoms with Gasteiger partial charge in [0.05, 0.1) is 6.61 Å². The van der Waals surface area contributed by atoms with Crippen molar-refractivity contribution < 1.29 is 19.1 Å². The number of ether oxygens (including phenoxy) is 2. The molecule has 1 atom stereocenters.